The van der Waals surface area contributed by atoms with Gasteiger partial charge in [-0.15, -0.1) is 4.36 Å². The van der Waals surface area contributed by atoms with E-state index in [1.165, 1.54) is 12.1 Å². The van der Waals surface area contributed by atoms with Crippen LogP contribution in [0.5, 0.6) is 0 Å². The van der Waals surface area contributed by atoms with E-state index in [0.717, 1.165) is 0 Å². The molecule has 1 aromatic rings. The third kappa shape index (κ3) is 6.10. The van der Waals surface area contributed by atoms with Crippen molar-refractivity contribution in [2.75, 3.05) is 6.54 Å². The molecule has 1 rings (SSSR count). The van der Waals surface area contributed by atoms with E-state index in [1.54, 1.807) is 19.1 Å². The predicted octanol–water partition coefficient (Wildman–Crippen LogP) is 2.30. The highest BCUT2D eigenvalue weighted by Crippen LogP contribution is 2.18. The highest BCUT2D eigenvalue weighted by Gasteiger charge is 2.22. The Morgan fingerprint density at radius 1 is 1.38 bits per heavy atom. The Balaban J connectivity index is 3.27. The van der Waals surface area contributed by atoms with E-state index in [4.69, 9.17) is 17.3 Å². The van der Waals surface area contributed by atoms with Crippen LogP contribution in [0.3, 0.4) is 0 Å². The van der Waals surface area contributed by atoms with E-state index >= 15 is 0 Å². The monoisotopic (exact) mass is 374 g/mol. The second-order valence-corrected chi connectivity index (χ2v) is 7.96. The summed E-state index contributed by atoms with van der Waals surface area (Å²) < 4.78 is 19.1. The quantitative estimate of drug-likeness (QED) is 0.708. The molecular formula is C15H23ClN4O3S. The van der Waals surface area contributed by atoms with Crippen molar-refractivity contribution in [3.63, 3.8) is 0 Å². The number of carbonyl (C=O) groups excluding carboxylic acids is 2. The molecule has 0 bridgehead atoms. The summed E-state index contributed by atoms with van der Waals surface area (Å²) in [7, 11) is -3.54. The Bertz CT molecular complexity index is 714. The first-order valence-electron chi connectivity index (χ1n) is 7.55. The van der Waals surface area contributed by atoms with Gasteiger partial charge in [-0.2, -0.15) is 0 Å². The topological polar surface area (TPSA) is 114 Å². The molecule has 0 heterocycles. The smallest absolute Gasteiger partial charge is 0.327 e. The van der Waals surface area contributed by atoms with Gasteiger partial charge in [0.2, 0.25) is 0 Å². The van der Waals surface area contributed by atoms with Crippen molar-refractivity contribution in [2.45, 2.75) is 38.1 Å². The molecule has 134 valence electrons. The summed E-state index contributed by atoms with van der Waals surface area (Å²) in [5, 5.41) is 2.77. The lowest BCUT2D eigenvalue weighted by molar-refractivity contribution is -0.119. The predicted molar refractivity (Wildman–Crippen MR) is 94.9 cm³/mol. The molecule has 4 N–H and O–H groups in total. The van der Waals surface area contributed by atoms with Crippen LogP contribution in [-0.2, 0) is 14.7 Å². The van der Waals surface area contributed by atoms with Gasteiger partial charge < -0.3 is 11.1 Å². The molecule has 7 nitrogen and oxygen atoms in total. The molecule has 1 aromatic carbocycles. The van der Waals surface area contributed by atoms with Crippen LogP contribution in [0.2, 0.25) is 5.02 Å². The van der Waals surface area contributed by atoms with Gasteiger partial charge >= 0.3 is 6.03 Å². The van der Waals surface area contributed by atoms with Crippen molar-refractivity contribution < 1.29 is 13.8 Å². The maximum Gasteiger partial charge on any atom is 0.327 e. The molecule has 2 unspecified atom stereocenters. The summed E-state index contributed by atoms with van der Waals surface area (Å²) in [5.41, 5.74) is 5.80. The van der Waals surface area contributed by atoms with Crippen molar-refractivity contribution in [2.24, 2.45) is 16.0 Å². The summed E-state index contributed by atoms with van der Waals surface area (Å²) >= 11 is 5.91. The zero-order valence-electron chi connectivity index (χ0n) is 13.9. The lowest BCUT2D eigenvalue weighted by atomic mass is 10.0. The fourth-order valence-electron chi connectivity index (χ4n) is 1.90. The van der Waals surface area contributed by atoms with Gasteiger partial charge in [0.25, 0.3) is 5.91 Å². The standard InChI is InChI=1S/C15H23ClN4O3S/c1-4-18-15(22)20-24(23,12-7-5-6-11(16)9-12)19-14(21)13(17)8-10(2)3/h5-7,9-10,13H,4,8,17H2,1-3H3,(H2,18,19,20,21,22,23). The van der Waals surface area contributed by atoms with Gasteiger partial charge in [-0.1, -0.05) is 31.5 Å². The number of nitrogens with two attached hydrogens (primary N) is 1. The van der Waals surface area contributed by atoms with Gasteiger partial charge in [0.1, 0.15) is 0 Å². The minimum Gasteiger partial charge on any atom is -0.338 e. The number of hydrogen-bond donors (Lipinski definition) is 3. The van der Waals surface area contributed by atoms with Gasteiger partial charge in [0.05, 0.1) is 10.9 Å². The maximum absolute atomic E-state index is 13.2. The number of rotatable bonds is 6. The van der Waals surface area contributed by atoms with Crippen LogP contribution in [-0.4, -0.2) is 28.7 Å². The average Bonchev–Trinajstić information content (AvgIpc) is 2.46. The number of carbonyl (C=O) groups is 2. The summed E-state index contributed by atoms with van der Waals surface area (Å²) in [6.45, 7) is 5.86. The van der Waals surface area contributed by atoms with E-state index in [1.807, 2.05) is 13.8 Å². The Labute approximate surface area is 147 Å². The minimum atomic E-state index is -3.54. The third-order valence-corrected chi connectivity index (χ3v) is 4.97. The van der Waals surface area contributed by atoms with Gasteiger partial charge in [-0.05, 0) is 37.5 Å². The highest BCUT2D eigenvalue weighted by atomic mass is 35.5. The lowest BCUT2D eigenvalue weighted by Crippen LogP contribution is -2.40. The SMILES string of the molecule is CCNC(=O)NS(=O)(=NC(=O)C(N)CC(C)C)c1cccc(Cl)c1. The van der Waals surface area contributed by atoms with Gasteiger partial charge in [0, 0.05) is 11.6 Å². The summed E-state index contributed by atoms with van der Waals surface area (Å²) in [5.74, 6) is -0.553. The molecule has 24 heavy (non-hydrogen) atoms. The van der Waals surface area contributed by atoms with Crippen LogP contribution < -0.4 is 15.8 Å². The van der Waals surface area contributed by atoms with Crippen LogP contribution in [0.1, 0.15) is 27.2 Å². The van der Waals surface area contributed by atoms with Crippen LogP contribution in [0.15, 0.2) is 33.5 Å². The van der Waals surface area contributed by atoms with Gasteiger partial charge in [-0.3, -0.25) is 4.79 Å². The average molecular weight is 375 g/mol. The maximum atomic E-state index is 13.2. The fraction of sp³-hybridized carbons (Fsp3) is 0.467. The van der Waals surface area contributed by atoms with Crippen molar-refractivity contribution >= 4 is 33.5 Å². The Morgan fingerprint density at radius 2 is 2.04 bits per heavy atom. The molecule has 0 saturated carbocycles. The van der Waals surface area contributed by atoms with Crippen LogP contribution in [0.25, 0.3) is 0 Å². The lowest BCUT2D eigenvalue weighted by Gasteiger charge is -2.15. The van der Waals surface area contributed by atoms with E-state index in [-0.39, 0.29) is 10.8 Å². The van der Waals surface area contributed by atoms with Crippen molar-refractivity contribution in [3.8, 4) is 0 Å². The van der Waals surface area contributed by atoms with Gasteiger partial charge in [0.15, 0.2) is 9.92 Å². The molecule has 0 aliphatic rings. The number of urea groups is 1. The van der Waals surface area contributed by atoms with Crippen LogP contribution in [0, 0.1) is 5.92 Å². The number of benzene rings is 1. The Hall–Kier alpha value is -1.64. The molecule has 9 heteroatoms. The van der Waals surface area contributed by atoms with Gasteiger partial charge in [-0.25, -0.2) is 13.7 Å². The first-order valence-corrected chi connectivity index (χ1v) is 9.45. The summed E-state index contributed by atoms with van der Waals surface area (Å²) in [6, 6.07) is 4.43. The Morgan fingerprint density at radius 3 is 2.58 bits per heavy atom. The summed E-state index contributed by atoms with van der Waals surface area (Å²) in [4.78, 5) is 24.2. The molecule has 3 amide bonds. The van der Waals surface area contributed by atoms with Crippen molar-refractivity contribution in [3.05, 3.63) is 29.3 Å². The first-order chi connectivity index (χ1) is 11.2. The number of nitrogens with zero attached hydrogens (tertiary/aromatic N) is 1. The number of amides is 3. The van der Waals surface area contributed by atoms with E-state index in [0.29, 0.717) is 18.0 Å². The largest absolute Gasteiger partial charge is 0.338 e. The van der Waals surface area contributed by atoms with E-state index in [2.05, 4.69) is 14.4 Å². The molecule has 0 aliphatic carbocycles. The number of halogens is 1. The Kier molecular flexibility index (Phi) is 7.65. The van der Waals surface area contributed by atoms with Crippen LogP contribution >= 0.6 is 11.6 Å². The molecule has 0 aliphatic heterocycles. The van der Waals surface area contributed by atoms with Crippen molar-refractivity contribution in [1.29, 1.82) is 0 Å². The molecule has 0 radical (unpaired) electrons. The minimum absolute atomic E-state index is 0.131. The fourth-order valence-corrected chi connectivity index (χ4v) is 3.68. The van der Waals surface area contributed by atoms with E-state index in [9.17, 15) is 13.8 Å². The molecule has 0 spiro atoms. The van der Waals surface area contributed by atoms with Crippen molar-refractivity contribution in [1.82, 2.24) is 10.0 Å². The second-order valence-electron chi connectivity index (χ2n) is 5.61. The zero-order chi connectivity index (χ0) is 18.3. The molecule has 0 aromatic heterocycles. The molecule has 0 saturated heterocycles. The zero-order valence-corrected chi connectivity index (χ0v) is 15.5. The molecular weight excluding hydrogens is 352 g/mol. The first kappa shape index (κ1) is 20.4. The van der Waals surface area contributed by atoms with Crippen LogP contribution in [0.4, 0.5) is 4.79 Å². The number of hydrogen-bond acceptors (Lipinski definition) is 4. The second kappa shape index (κ2) is 9.00. The normalized spacial score (nSPS) is 14.6. The summed E-state index contributed by atoms with van der Waals surface area (Å²) in [6.07, 6.45) is 0.397. The molecule has 2 atom stereocenters. The van der Waals surface area contributed by atoms with E-state index < -0.39 is 27.9 Å². The highest BCUT2D eigenvalue weighted by molar-refractivity contribution is 7.92. The number of nitrogens with one attached hydrogen (secondary N) is 2. The third-order valence-electron chi connectivity index (χ3n) is 2.95. The molecule has 0 fully saturated rings.